The highest BCUT2D eigenvalue weighted by molar-refractivity contribution is 7.17. The molecule has 1 aliphatic heterocycles. The number of amides is 2. The summed E-state index contributed by atoms with van der Waals surface area (Å²) in [6.45, 7) is 5.63. The number of hydrogen-bond donors (Lipinski definition) is 2. The van der Waals surface area contributed by atoms with Crippen LogP contribution in [0.4, 0.5) is 10.9 Å². The number of nitrogens with zero attached hydrogens (tertiary/aromatic N) is 4. The number of hydrogen-bond acceptors (Lipinski definition) is 7. The molecule has 0 bridgehead atoms. The molecule has 8 nitrogen and oxygen atoms in total. The highest BCUT2D eigenvalue weighted by Gasteiger charge is 2.18. The SMILES string of the molecule is CC(=O)Nc1ncc(C(=O)NCc2cccnc2N2CCN(C)CC2)s1. The number of carbonyl (C=O) groups excluding carboxylic acids is 2. The smallest absolute Gasteiger partial charge is 0.263 e. The fourth-order valence-corrected chi connectivity index (χ4v) is 3.50. The molecule has 2 N–H and O–H groups in total. The van der Waals surface area contributed by atoms with Gasteiger partial charge in [0.1, 0.15) is 10.7 Å². The molecule has 0 saturated carbocycles. The molecule has 26 heavy (non-hydrogen) atoms. The standard InChI is InChI=1S/C17H22N6O2S/c1-12(24)21-17-20-11-14(26-17)16(25)19-10-13-4-3-5-18-15(13)23-8-6-22(2)7-9-23/h3-5,11H,6-10H2,1-2H3,(H,19,25)(H,20,21,24). The normalized spacial score (nSPS) is 14.9. The van der Waals surface area contributed by atoms with E-state index in [1.807, 2.05) is 12.1 Å². The molecule has 9 heteroatoms. The van der Waals surface area contributed by atoms with Gasteiger partial charge in [-0.3, -0.25) is 9.59 Å². The average molecular weight is 374 g/mol. The number of pyridine rings is 1. The van der Waals surface area contributed by atoms with E-state index < -0.39 is 0 Å². The van der Waals surface area contributed by atoms with Crippen LogP contribution in [0.25, 0.3) is 0 Å². The van der Waals surface area contributed by atoms with Crippen molar-refractivity contribution in [3.63, 3.8) is 0 Å². The monoisotopic (exact) mass is 374 g/mol. The van der Waals surface area contributed by atoms with Crippen LogP contribution in [0.3, 0.4) is 0 Å². The van der Waals surface area contributed by atoms with E-state index in [1.54, 1.807) is 6.20 Å². The summed E-state index contributed by atoms with van der Waals surface area (Å²) in [5, 5.41) is 5.91. The lowest BCUT2D eigenvalue weighted by molar-refractivity contribution is -0.114. The largest absolute Gasteiger partial charge is 0.354 e. The Balaban J connectivity index is 1.63. The molecule has 3 heterocycles. The third-order valence-electron chi connectivity index (χ3n) is 4.12. The van der Waals surface area contributed by atoms with Crippen LogP contribution in [0.5, 0.6) is 0 Å². The van der Waals surface area contributed by atoms with Crippen LogP contribution in [0.2, 0.25) is 0 Å². The number of piperazine rings is 1. The summed E-state index contributed by atoms with van der Waals surface area (Å²) in [7, 11) is 2.11. The minimum atomic E-state index is -0.215. The van der Waals surface area contributed by atoms with Crippen molar-refractivity contribution >= 4 is 34.1 Å². The molecular weight excluding hydrogens is 352 g/mol. The van der Waals surface area contributed by atoms with E-state index in [0.717, 1.165) is 48.9 Å². The van der Waals surface area contributed by atoms with Gasteiger partial charge in [-0.25, -0.2) is 9.97 Å². The van der Waals surface area contributed by atoms with Crippen LogP contribution in [0, 0.1) is 0 Å². The number of thiazole rings is 1. The fourth-order valence-electron chi connectivity index (χ4n) is 2.72. The lowest BCUT2D eigenvalue weighted by Gasteiger charge is -2.34. The Morgan fingerprint density at radius 3 is 2.73 bits per heavy atom. The summed E-state index contributed by atoms with van der Waals surface area (Å²) in [4.78, 5) is 36.9. The summed E-state index contributed by atoms with van der Waals surface area (Å²) in [6, 6.07) is 3.86. The van der Waals surface area contributed by atoms with Crippen molar-refractivity contribution in [1.29, 1.82) is 0 Å². The highest BCUT2D eigenvalue weighted by Crippen LogP contribution is 2.20. The van der Waals surface area contributed by atoms with Gasteiger partial charge in [0.05, 0.1) is 6.20 Å². The third kappa shape index (κ3) is 4.55. The van der Waals surface area contributed by atoms with Crippen molar-refractivity contribution in [3.05, 3.63) is 35.0 Å². The number of rotatable bonds is 5. The molecule has 1 aliphatic rings. The molecule has 1 saturated heterocycles. The van der Waals surface area contributed by atoms with Gasteiger partial charge in [0.2, 0.25) is 5.91 Å². The second kappa shape index (κ2) is 8.24. The summed E-state index contributed by atoms with van der Waals surface area (Å²) in [6.07, 6.45) is 3.25. The van der Waals surface area contributed by atoms with Crippen LogP contribution < -0.4 is 15.5 Å². The number of anilines is 2. The molecule has 2 aromatic heterocycles. The molecular formula is C17H22N6O2S. The van der Waals surface area contributed by atoms with Gasteiger partial charge in [0.25, 0.3) is 5.91 Å². The first-order valence-electron chi connectivity index (χ1n) is 8.42. The lowest BCUT2D eigenvalue weighted by atomic mass is 10.2. The molecule has 0 radical (unpaired) electrons. The topological polar surface area (TPSA) is 90.5 Å². The minimum Gasteiger partial charge on any atom is -0.354 e. The predicted molar refractivity (Wildman–Crippen MR) is 102 cm³/mol. The van der Waals surface area contributed by atoms with Crippen molar-refractivity contribution in [1.82, 2.24) is 20.2 Å². The first kappa shape index (κ1) is 18.3. The molecule has 138 valence electrons. The number of likely N-dealkylation sites (N-methyl/N-ethyl adjacent to an activating group) is 1. The zero-order chi connectivity index (χ0) is 18.5. The zero-order valence-corrected chi connectivity index (χ0v) is 15.7. The number of nitrogens with one attached hydrogen (secondary N) is 2. The Morgan fingerprint density at radius 2 is 2.00 bits per heavy atom. The van der Waals surface area contributed by atoms with Crippen molar-refractivity contribution in [2.24, 2.45) is 0 Å². The maximum atomic E-state index is 12.4. The summed E-state index contributed by atoms with van der Waals surface area (Å²) < 4.78 is 0. The van der Waals surface area contributed by atoms with Gasteiger partial charge in [-0.15, -0.1) is 0 Å². The van der Waals surface area contributed by atoms with E-state index in [4.69, 9.17) is 0 Å². The van der Waals surface area contributed by atoms with Crippen molar-refractivity contribution in [3.8, 4) is 0 Å². The van der Waals surface area contributed by atoms with Crippen LogP contribution in [-0.2, 0) is 11.3 Å². The first-order valence-corrected chi connectivity index (χ1v) is 9.23. The highest BCUT2D eigenvalue weighted by atomic mass is 32.1. The average Bonchev–Trinajstić information content (AvgIpc) is 3.08. The number of carbonyl (C=O) groups is 2. The molecule has 0 aromatic carbocycles. The molecule has 0 aliphatic carbocycles. The van der Waals surface area contributed by atoms with Crippen molar-refractivity contribution < 1.29 is 9.59 Å². The van der Waals surface area contributed by atoms with E-state index in [-0.39, 0.29) is 11.8 Å². The summed E-state index contributed by atoms with van der Waals surface area (Å²) >= 11 is 1.15. The van der Waals surface area contributed by atoms with E-state index in [2.05, 4.69) is 37.4 Å². The molecule has 0 spiro atoms. The van der Waals surface area contributed by atoms with Gasteiger partial charge in [-0.1, -0.05) is 17.4 Å². The van der Waals surface area contributed by atoms with Crippen LogP contribution in [0.1, 0.15) is 22.2 Å². The first-order chi connectivity index (χ1) is 12.5. The zero-order valence-electron chi connectivity index (χ0n) is 14.9. The second-order valence-electron chi connectivity index (χ2n) is 6.17. The van der Waals surface area contributed by atoms with Crippen molar-refractivity contribution in [2.45, 2.75) is 13.5 Å². The van der Waals surface area contributed by atoms with Crippen LogP contribution in [0.15, 0.2) is 24.5 Å². The van der Waals surface area contributed by atoms with Gasteiger partial charge < -0.3 is 20.4 Å². The lowest BCUT2D eigenvalue weighted by Crippen LogP contribution is -2.45. The van der Waals surface area contributed by atoms with Gasteiger partial charge in [0, 0.05) is 51.4 Å². The number of aromatic nitrogens is 2. The summed E-state index contributed by atoms with van der Waals surface area (Å²) in [5.74, 6) is 0.495. The Hall–Kier alpha value is -2.52. The molecule has 2 aromatic rings. The second-order valence-corrected chi connectivity index (χ2v) is 7.20. The third-order valence-corrected chi connectivity index (χ3v) is 5.03. The van der Waals surface area contributed by atoms with E-state index >= 15 is 0 Å². The Morgan fingerprint density at radius 1 is 1.23 bits per heavy atom. The maximum Gasteiger partial charge on any atom is 0.263 e. The fraction of sp³-hybridized carbons (Fsp3) is 0.412. The molecule has 0 unspecified atom stereocenters. The maximum absolute atomic E-state index is 12.4. The van der Waals surface area contributed by atoms with Crippen LogP contribution >= 0.6 is 11.3 Å². The minimum absolute atomic E-state index is 0.210. The molecule has 2 amide bonds. The summed E-state index contributed by atoms with van der Waals surface area (Å²) in [5.41, 5.74) is 0.983. The molecule has 3 rings (SSSR count). The van der Waals surface area contributed by atoms with E-state index in [9.17, 15) is 9.59 Å². The van der Waals surface area contributed by atoms with Crippen molar-refractivity contribution in [2.75, 3.05) is 43.4 Å². The Kier molecular flexibility index (Phi) is 5.79. The Bertz CT molecular complexity index is 785. The van der Waals surface area contributed by atoms with E-state index in [0.29, 0.717) is 16.6 Å². The van der Waals surface area contributed by atoms with Gasteiger partial charge >= 0.3 is 0 Å². The predicted octanol–water partition coefficient (Wildman–Crippen LogP) is 1.18. The quantitative estimate of drug-likeness (QED) is 0.817. The Labute approximate surface area is 156 Å². The van der Waals surface area contributed by atoms with Gasteiger partial charge in [0.15, 0.2) is 5.13 Å². The van der Waals surface area contributed by atoms with Crippen LogP contribution in [-0.4, -0.2) is 59.9 Å². The van der Waals surface area contributed by atoms with Gasteiger partial charge in [-0.05, 0) is 13.1 Å². The van der Waals surface area contributed by atoms with E-state index in [1.165, 1.54) is 13.1 Å². The van der Waals surface area contributed by atoms with Gasteiger partial charge in [-0.2, -0.15) is 0 Å². The molecule has 0 atom stereocenters. The molecule has 1 fully saturated rings.